The molecule has 0 spiro atoms. The molecule has 2 fully saturated rings. The lowest BCUT2D eigenvalue weighted by Gasteiger charge is -2.41. The van der Waals surface area contributed by atoms with Crippen molar-refractivity contribution in [2.24, 2.45) is 0 Å². The predicted octanol–water partition coefficient (Wildman–Crippen LogP) is 5.10. The van der Waals surface area contributed by atoms with Crippen LogP contribution in [0.5, 0.6) is 11.5 Å². The summed E-state index contributed by atoms with van der Waals surface area (Å²) >= 11 is 0. The molecular formula is C35H39N2O4+. The Morgan fingerprint density at radius 3 is 2.71 bits per heavy atom. The molecule has 2 aromatic rings. The first kappa shape index (κ1) is 25.2. The number of carboxylic acid groups (broad SMARTS) is 1. The zero-order chi connectivity index (χ0) is 27.7. The topological polar surface area (TPSA) is 63.4 Å². The van der Waals surface area contributed by atoms with E-state index in [4.69, 9.17) is 9.47 Å². The Kier molecular flexibility index (Phi) is 6.03. The number of rotatable bonds is 3. The Morgan fingerprint density at radius 2 is 1.83 bits per heavy atom. The number of nitrogens with zero attached hydrogens (tertiary/aromatic N) is 1. The van der Waals surface area contributed by atoms with Gasteiger partial charge < -0.3 is 24.4 Å². The van der Waals surface area contributed by atoms with E-state index in [0.29, 0.717) is 11.8 Å². The molecule has 2 unspecified atom stereocenters. The largest absolute Gasteiger partial charge is 0.496 e. The van der Waals surface area contributed by atoms with Crippen LogP contribution in [0.2, 0.25) is 0 Å². The highest BCUT2D eigenvalue weighted by atomic mass is 16.5. The molecule has 2 aromatic carbocycles. The first-order valence-corrected chi connectivity index (χ1v) is 15.7. The number of hydrogen-bond acceptors (Lipinski definition) is 4. The van der Waals surface area contributed by atoms with Crippen LogP contribution in [-0.2, 0) is 12.8 Å². The minimum Gasteiger partial charge on any atom is -0.496 e. The van der Waals surface area contributed by atoms with Crippen LogP contribution in [0.15, 0.2) is 52.8 Å². The van der Waals surface area contributed by atoms with Gasteiger partial charge in [-0.05, 0) is 99.3 Å². The van der Waals surface area contributed by atoms with Gasteiger partial charge in [-0.25, -0.2) is 4.79 Å². The van der Waals surface area contributed by atoms with Gasteiger partial charge in [0.05, 0.1) is 25.8 Å². The second-order valence-electron chi connectivity index (χ2n) is 12.6. The minimum atomic E-state index is -0.941. The van der Waals surface area contributed by atoms with Gasteiger partial charge in [0.2, 0.25) is 0 Å². The summed E-state index contributed by atoms with van der Waals surface area (Å²) in [6.45, 7) is 4.72. The number of carboxylic acids is 1. The van der Waals surface area contributed by atoms with Crippen LogP contribution >= 0.6 is 0 Å². The Morgan fingerprint density at radius 1 is 0.976 bits per heavy atom. The zero-order valence-electron chi connectivity index (χ0n) is 24.0. The summed E-state index contributed by atoms with van der Waals surface area (Å²) < 4.78 is 13.1. The second kappa shape index (κ2) is 9.80. The number of fused-ring (bicyclic) bond motifs is 3. The van der Waals surface area contributed by atoms with Crippen molar-refractivity contribution in [1.29, 1.82) is 0 Å². The molecule has 0 saturated carbocycles. The zero-order valence-corrected chi connectivity index (χ0v) is 24.0. The van der Waals surface area contributed by atoms with Crippen LogP contribution in [0.3, 0.4) is 0 Å². The van der Waals surface area contributed by atoms with Crippen LogP contribution in [0, 0.1) is 0 Å². The average Bonchev–Trinajstić information content (AvgIpc) is 3.34. The number of ether oxygens (including phenoxy) is 2. The number of methoxy groups -OCH3 is 1. The normalized spacial score (nSPS) is 24.6. The summed E-state index contributed by atoms with van der Waals surface area (Å²) in [5.74, 6) is 1.75. The number of piperidine rings is 1. The van der Waals surface area contributed by atoms with Crippen LogP contribution in [0.25, 0.3) is 5.57 Å². The maximum atomic E-state index is 11.9. The molecule has 6 aliphatic rings. The highest BCUT2D eigenvalue weighted by Crippen LogP contribution is 2.53. The summed E-state index contributed by atoms with van der Waals surface area (Å²) in [6, 6.07) is 8.20. The third kappa shape index (κ3) is 3.90. The molecule has 6 heteroatoms. The highest BCUT2D eigenvalue weighted by Gasteiger charge is 2.44. The lowest BCUT2D eigenvalue weighted by Crippen LogP contribution is -3.16. The van der Waals surface area contributed by atoms with Gasteiger partial charge in [0.1, 0.15) is 23.3 Å². The van der Waals surface area contributed by atoms with Crippen molar-refractivity contribution in [2.45, 2.75) is 70.3 Å². The molecule has 212 valence electrons. The van der Waals surface area contributed by atoms with Crippen LogP contribution in [-0.4, -0.2) is 50.4 Å². The van der Waals surface area contributed by atoms with Crippen molar-refractivity contribution in [3.05, 3.63) is 80.6 Å². The SMILES string of the molecule is COc1cc(C(=O)O)ccc1C1=C2C=C3CCCC[NH+]4CCCC(=C2Oc2c1cc1c5c2CCCN5CCCC1)C34. The average molecular weight is 552 g/mol. The number of hydrogen-bond donors (Lipinski definition) is 2. The van der Waals surface area contributed by atoms with E-state index in [0.717, 1.165) is 79.0 Å². The molecule has 0 radical (unpaired) electrons. The van der Waals surface area contributed by atoms with Gasteiger partial charge in [0.15, 0.2) is 0 Å². The molecule has 6 nitrogen and oxygen atoms in total. The van der Waals surface area contributed by atoms with Crippen molar-refractivity contribution < 1.29 is 24.3 Å². The Hall–Kier alpha value is -3.51. The van der Waals surface area contributed by atoms with Crippen molar-refractivity contribution in [1.82, 2.24) is 0 Å². The summed E-state index contributed by atoms with van der Waals surface area (Å²) in [5.41, 5.74) is 11.9. The fraction of sp³-hybridized carbons (Fsp3) is 0.457. The van der Waals surface area contributed by atoms with E-state index >= 15 is 0 Å². The first-order valence-electron chi connectivity index (χ1n) is 15.7. The molecule has 8 rings (SSSR count). The van der Waals surface area contributed by atoms with Gasteiger partial charge in [0, 0.05) is 58.6 Å². The minimum absolute atomic E-state index is 0.243. The quantitative estimate of drug-likeness (QED) is 0.556. The van der Waals surface area contributed by atoms with E-state index in [1.807, 2.05) is 6.07 Å². The van der Waals surface area contributed by atoms with E-state index in [1.165, 1.54) is 67.6 Å². The molecule has 1 aliphatic carbocycles. The van der Waals surface area contributed by atoms with Crippen molar-refractivity contribution >= 4 is 17.2 Å². The van der Waals surface area contributed by atoms with Gasteiger partial charge >= 0.3 is 5.97 Å². The molecule has 5 aliphatic heterocycles. The number of benzene rings is 2. The molecular weight excluding hydrogens is 512 g/mol. The molecule has 2 saturated heterocycles. The monoisotopic (exact) mass is 551 g/mol. The molecule has 5 heterocycles. The second-order valence-corrected chi connectivity index (χ2v) is 12.6. The number of aryl methyl sites for hydroxylation is 1. The molecule has 2 N–H and O–H groups in total. The fourth-order valence-electron chi connectivity index (χ4n) is 8.61. The van der Waals surface area contributed by atoms with Gasteiger partial charge in [-0.1, -0.05) is 0 Å². The lowest BCUT2D eigenvalue weighted by molar-refractivity contribution is -0.917. The maximum Gasteiger partial charge on any atom is 0.335 e. The third-order valence-electron chi connectivity index (χ3n) is 10.3. The number of anilines is 1. The number of aromatic carboxylic acids is 1. The molecule has 2 atom stereocenters. The standard InChI is InChI=1S/C35H38N2O4/c1-40-29-20-23(35(38)39)12-13-24(29)30-27-18-21-8-2-4-14-36-16-6-10-25(31(21)36)33(27)41-34-26-11-7-17-37-15-5-3-9-22(32(26)37)19-28(30)34/h12-13,18-20,31H,2-11,14-17H2,1H3,(H,38,39)/p+1. The van der Waals surface area contributed by atoms with E-state index in [1.54, 1.807) is 29.7 Å². The molecule has 0 bridgehead atoms. The maximum absolute atomic E-state index is 11.9. The van der Waals surface area contributed by atoms with E-state index in [2.05, 4.69) is 17.0 Å². The Balaban J connectivity index is 1.44. The molecule has 0 amide bonds. The van der Waals surface area contributed by atoms with E-state index < -0.39 is 5.97 Å². The molecule has 41 heavy (non-hydrogen) atoms. The van der Waals surface area contributed by atoms with Crippen molar-refractivity contribution in [3.8, 4) is 11.5 Å². The van der Waals surface area contributed by atoms with E-state index in [9.17, 15) is 9.90 Å². The van der Waals surface area contributed by atoms with Crippen LogP contribution < -0.4 is 19.3 Å². The lowest BCUT2D eigenvalue weighted by atomic mass is 9.76. The smallest absolute Gasteiger partial charge is 0.335 e. The fourth-order valence-corrected chi connectivity index (χ4v) is 8.61. The summed E-state index contributed by atoms with van der Waals surface area (Å²) in [6.07, 6.45) is 14.0. The van der Waals surface area contributed by atoms with Gasteiger partial charge in [-0.2, -0.15) is 0 Å². The summed E-state index contributed by atoms with van der Waals surface area (Å²) in [5, 5.41) is 9.75. The summed E-state index contributed by atoms with van der Waals surface area (Å²) in [7, 11) is 1.65. The highest BCUT2D eigenvalue weighted by molar-refractivity contribution is 5.96. The number of carbonyl (C=O) groups is 1. The van der Waals surface area contributed by atoms with Crippen molar-refractivity contribution in [3.63, 3.8) is 0 Å². The van der Waals surface area contributed by atoms with Gasteiger partial charge in [0.25, 0.3) is 0 Å². The van der Waals surface area contributed by atoms with Crippen molar-refractivity contribution in [2.75, 3.05) is 38.2 Å². The number of nitrogens with one attached hydrogen (secondary N) is 1. The number of allylic oxidation sites excluding steroid dienone is 1. The van der Waals surface area contributed by atoms with Gasteiger partial charge in [-0.15, -0.1) is 0 Å². The Bertz CT molecular complexity index is 1560. The third-order valence-corrected chi connectivity index (χ3v) is 10.3. The predicted molar refractivity (Wildman–Crippen MR) is 159 cm³/mol. The molecule has 0 aromatic heterocycles. The van der Waals surface area contributed by atoms with E-state index in [-0.39, 0.29) is 5.56 Å². The Labute approximate surface area is 241 Å². The van der Waals surface area contributed by atoms with Crippen LogP contribution in [0.4, 0.5) is 5.69 Å². The van der Waals surface area contributed by atoms with Crippen LogP contribution in [0.1, 0.15) is 84.0 Å². The van der Waals surface area contributed by atoms with Gasteiger partial charge in [-0.3, -0.25) is 0 Å². The number of quaternary nitrogens is 1. The first-order chi connectivity index (χ1) is 20.1. The summed E-state index contributed by atoms with van der Waals surface area (Å²) in [4.78, 5) is 16.2.